The van der Waals surface area contributed by atoms with Gasteiger partial charge in [0.15, 0.2) is 5.96 Å². The molecule has 0 amide bonds. The summed E-state index contributed by atoms with van der Waals surface area (Å²) in [5.41, 5.74) is 7.49. The van der Waals surface area contributed by atoms with Crippen LogP contribution in [0, 0.1) is 0 Å². The highest BCUT2D eigenvalue weighted by Crippen LogP contribution is 2.48. The zero-order valence-corrected chi connectivity index (χ0v) is 11.7. The number of nitrogens with two attached hydrogens (primary N) is 1. The van der Waals surface area contributed by atoms with E-state index in [1.165, 1.54) is 18.4 Å². The SMILES string of the molecule is COCC(C)NC(N)=NCC1(c2ccccc2)CC1. The first-order chi connectivity index (χ1) is 9.16. The molecule has 0 aromatic heterocycles. The van der Waals surface area contributed by atoms with E-state index in [2.05, 4.69) is 34.6 Å². The first-order valence-electron chi connectivity index (χ1n) is 6.77. The van der Waals surface area contributed by atoms with Crippen molar-refractivity contribution in [3.8, 4) is 0 Å². The van der Waals surface area contributed by atoms with Crippen LogP contribution < -0.4 is 11.1 Å². The Labute approximate surface area is 115 Å². The van der Waals surface area contributed by atoms with Crippen molar-refractivity contribution < 1.29 is 4.74 Å². The fourth-order valence-electron chi connectivity index (χ4n) is 2.31. The molecule has 0 saturated heterocycles. The molecular weight excluding hydrogens is 238 g/mol. The Bertz CT molecular complexity index is 426. The molecule has 1 aliphatic rings. The summed E-state index contributed by atoms with van der Waals surface area (Å²) in [7, 11) is 1.68. The number of hydrogen-bond donors (Lipinski definition) is 2. The molecule has 0 heterocycles. The number of hydrogen-bond acceptors (Lipinski definition) is 2. The quantitative estimate of drug-likeness (QED) is 0.605. The maximum atomic E-state index is 5.90. The molecule has 1 aromatic rings. The number of guanidine groups is 1. The van der Waals surface area contributed by atoms with Crippen LogP contribution >= 0.6 is 0 Å². The molecule has 1 fully saturated rings. The molecule has 1 aromatic carbocycles. The van der Waals surface area contributed by atoms with E-state index in [1.807, 2.05) is 13.0 Å². The van der Waals surface area contributed by atoms with Crippen molar-refractivity contribution in [2.45, 2.75) is 31.2 Å². The molecule has 0 aliphatic heterocycles. The average molecular weight is 261 g/mol. The zero-order valence-electron chi connectivity index (χ0n) is 11.7. The van der Waals surface area contributed by atoms with Crippen LogP contribution in [0.5, 0.6) is 0 Å². The third kappa shape index (κ3) is 3.70. The number of nitrogens with zero attached hydrogens (tertiary/aromatic N) is 1. The van der Waals surface area contributed by atoms with E-state index in [0.717, 1.165) is 6.54 Å². The monoisotopic (exact) mass is 261 g/mol. The van der Waals surface area contributed by atoms with Crippen LogP contribution in [-0.2, 0) is 10.2 Å². The van der Waals surface area contributed by atoms with Gasteiger partial charge >= 0.3 is 0 Å². The fourth-order valence-corrected chi connectivity index (χ4v) is 2.31. The van der Waals surface area contributed by atoms with E-state index in [1.54, 1.807) is 7.11 Å². The fraction of sp³-hybridized carbons (Fsp3) is 0.533. The highest BCUT2D eigenvalue weighted by atomic mass is 16.5. The predicted molar refractivity (Wildman–Crippen MR) is 78.3 cm³/mol. The number of aliphatic imine (C=N–C) groups is 1. The molecule has 0 radical (unpaired) electrons. The minimum absolute atomic E-state index is 0.181. The van der Waals surface area contributed by atoms with Gasteiger partial charge in [0.05, 0.1) is 13.2 Å². The van der Waals surface area contributed by atoms with Crippen molar-refractivity contribution in [3.05, 3.63) is 35.9 Å². The first kappa shape index (κ1) is 13.9. The van der Waals surface area contributed by atoms with E-state index in [4.69, 9.17) is 10.5 Å². The lowest BCUT2D eigenvalue weighted by Crippen LogP contribution is -2.41. The predicted octanol–water partition coefficient (Wildman–Crippen LogP) is 1.66. The second-order valence-electron chi connectivity index (χ2n) is 5.35. The Kier molecular flexibility index (Phi) is 4.43. The molecule has 1 unspecified atom stereocenters. The largest absolute Gasteiger partial charge is 0.383 e. The van der Waals surface area contributed by atoms with Crippen LogP contribution in [0.25, 0.3) is 0 Å². The summed E-state index contributed by atoms with van der Waals surface area (Å²) < 4.78 is 5.06. The average Bonchev–Trinajstić information content (AvgIpc) is 3.19. The Morgan fingerprint density at radius 3 is 2.68 bits per heavy atom. The zero-order chi connectivity index (χ0) is 13.7. The Morgan fingerprint density at radius 2 is 2.11 bits per heavy atom. The minimum Gasteiger partial charge on any atom is -0.383 e. The molecule has 1 atom stereocenters. The summed E-state index contributed by atoms with van der Waals surface area (Å²) in [5.74, 6) is 0.506. The lowest BCUT2D eigenvalue weighted by Gasteiger charge is -2.16. The van der Waals surface area contributed by atoms with Gasteiger partial charge in [0, 0.05) is 18.6 Å². The molecular formula is C15H23N3O. The Morgan fingerprint density at radius 1 is 1.42 bits per heavy atom. The van der Waals surface area contributed by atoms with Crippen LogP contribution in [0.1, 0.15) is 25.3 Å². The van der Waals surface area contributed by atoms with Crippen LogP contribution in [0.3, 0.4) is 0 Å². The van der Waals surface area contributed by atoms with Gasteiger partial charge in [-0.25, -0.2) is 0 Å². The number of nitrogens with one attached hydrogen (secondary N) is 1. The third-order valence-electron chi connectivity index (χ3n) is 3.60. The first-order valence-corrected chi connectivity index (χ1v) is 6.77. The molecule has 104 valence electrons. The molecule has 3 N–H and O–H groups in total. The van der Waals surface area contributed by atoms with Crippen molar-refractivity contribution in [1.82, 2.24) is 5.32 Å². The normalized spacial score (nSPS) is 18.9. The van der Waals surface area contributed by atoms with E-state index in [-0.39, 0.29) is 11.5 Å². The van der Waals surface area contributed by atoms with E-state index >= 15 is 0 Å². The molecule has 19 heavy (non-hydrogen) atoms. The van der Waals surface area contributed by atoms with Crippen molar-refractivity contribution >= 4 is 5.96 Å². The van der Waals surface area contributed by atoms with Crippen molar-refractivity contribution in [2.75, 3.05) is 20.3 Å². The second kappa shape index (κ2) is 6.06. The van der Waals surface area contributed by atoms with Gasteiger partial charge in [-0.1, -0.05) is 30.3 Å². The highest BCUT2D eigenvalue weighted by molar-refractivity contribution is 5.78. The van der Waals surface area contributed by atoms with Gasteiger partial charge in [-0.3, -0.25) is 4.99 Å². The Balaban J connectivity index is 1.91. The molecule has 1 saturated carbocycles. The molecule has 0 spiro atoms. The molecule has 1 aliphatic carbocycles. The second-order valence-corrected chi connectivity index (χ2v) is 5.35. The summed E-state index contributed by atoms with van der Waals surface area (Å²) in [6.07, 6.45) is 2.39. The van der Waals surface area contributed by atoms with Gasteiger partial charge in [-0.15, -0.1) is 0 Å². The van der Waals surface area contributed by atoms with Gasteiger partial charge in [-0.05, 0) is 25.3 Å². The topological polar surface area (TPSA) is 59.6 Å². The third-order valence-corrected chi connectivity index (χ3v) is 3.60. The van der Waals surface area contributed by atoms with Gasteiger partial charge in [0.1, 0.15) is 0 Å². The number of methoxy groups -OCH3 is 1. The molecule has 4 heteroatoms. The van der Waals surface area contributed by atoms with Gasteiger partial charge in [0.25, 0.3) is 0 Å². The maximum Gasteiger partial charge on any atom is 0.188 e. The maximum absolute atomic E-state index is 5.90. The van der Waals surface area contributed by atoms with Crippen LogP contribution in [0.15, 0.2) is 35.3 Å². The Hall–Kier alpha value is -1.55. The highest BCUT2D eigenvalue weighted by Gasteiger charge is 2.43. The molecule has 4 nitrogen and oxygen atoms in total. The number of rotatable bonds is 6. The smallest absolute Gasteiger partial charge is 0.188 e. The lowest BCUT2D eigenvalue weighted by molar-refractivity contribution is 0.179. The summed E-state index contributed by atoms with van der Waals surface area (Å²) in [6.45, 7) is 3.41. The van der Waals surface area contributed by atoms with Crippen LogP contribution in [0.4, 0.5) is 0 Å². The summed E-state index contributed by atoms with van der Waals surface area (Å²) in [4.78, 5) is 4.48. The van der Waals surface area contributed by atoms with Gasteiger partial charge < -0.3 is 15.8 Å². The summed E-state index contributed by atoms with van der Waals surface area (Å²) in [5, 5.41) is 3.14. The summed E-state index contributed by atoms with van der Waals surface area (Å²) in [6, 6.07) is 10.8. The van der Waals surface area contributed by atoms with E-state index < -0.39 is 0 Å². The van der Waals surface area contributed by atoms with Gasteiger partial charge in [0.2, 0.25) is 0 Å². The van der Waals surface area contributed by atoms with Crippen molar-refractivity contribution in [1.29, 1.82) is 0 Å². The lowest BCUT2D eigenvalue weighted by atomic mass is 9.96. The van der Waals surface area contributed by atoms with Crippen LogP contribution in [-0.4, -0.2) is 32.3 Å². The van der Waals surface area contributed by atoms with Gasteiger partial charge in [-0.2, -0.15) is 0 Å². The summed E-state index contributed by atoms with van der Waals surface area (Å²) >= 11 is 0. The number of ether oxygens (including phenoxy) is 1. The number of benzene rings is 1. The van der Waals surface area contributed by atoms with Crippen molar-refractivity contribution in [2.24, 2.45) is 10.7 Å². The standard InChI is InChI=1S/C15H23N3O/c1-12(10-19-2)18-14(16)17-11-15(8-9-15)13-6-4-3-5-7-13/h3-7,12H,8-11H2,1-2H3,(H3,16,17,18). The molecule has 2 rings (SSSR count). The van der Waals surface area contributed by atoms with E-state index in [9.17, 15) is 0 Å². The van der Waals surface area contributed by atoms with E-state index in [0.29, 0.717) is 12.6 Å². The van der Waals surface area contributed by atoms with Crippen LogP contribution in [0.2, 0.25) is 0 Å². The minimum atomic E-state index is 0.181. The van der Waals surface area contributed by atoms with Crippen molar-refractivity contribution in [3.63, 3.8) is 0 Å². The molecule has 0 bridgehead atoms.